The zero-order chi connectivity index (χ0) is 16.6. The van der Waals surface area contributed by atoms with Crippen molar-refractivity contribution in [2.45, 2.75) is 19.8 Å². The maximum Gasteiger partial charge on any atom is 0.376 e. The Labute approximate surface area is 133 Å². The Morgan fingerprint density at radius 1 is 1.17 bits per heavy atom. The highest BCUT2D eigenvalue weighted by Crippen LogP contribution is 2.25. The van der Waals surface area contributed by atoms with Crippen LogP contribution in [0.3, 0.4) is 0 Å². The Bertz CT molecular complexity index is 802. The van der Waals surface area contributed by atoms with Crippen LogP contribution in [-0.4, -0.2) is 27.6 Å². The number of aryl methyl sites for hydroxylation is 1. The molecule has 1 aromatic carbocycles. The summed E-state index contributed by atoms with van der Waals surface area (Å²) in [6, 6.07) is 8.15. The van der Waals surface area contributed by atoms with Gasteiger partial charge in [0.05, 0.1) is 4.92 Å². The first-order valence-electron chi connectivity index (χ1n) is 7.53. The van der Waals surface area contributed by atoms with Crippen molar-refractivity contribution in [3.05, 3.63) is 61.7 Å². The summed E-state index contributed by atoms with van der Waals surface area (Å²) >= 11 is 0. The minimum Gasteiger partial charge on any atom is -0.350 e. The van der Waals surface area contributed by atoms with E-state index in [2.05, 4.69) is 17.1 Å². The molecule has 0 fully saturated rings. The molecule has 0 unspecified atom stereocenters. The van der Waals surface area contributed by atoms with Crippen LogP contribution in [-0.2, 0) is 19.9 Å². The number of benzene rings is 1. The third kappa shape index (κ3) is 2.69. The molecule has 0 saturated heterocycles. The summed E-state index contributed by atoms with van der Waals surface area (Å²) in [5.41, 5.74) is 1.44. The van der Waals surface area contributed by atoms with E-state index in [-0.39, 0.29) is 5.82 Å². The Morgan fingerprint density at radius 3 is 2.26 bits per heavy atom. The van der Waals surface area contributed by atoms with Gasteiger partial charge in [0.15, 0.2) is 0 Å². The first-order valence-corrected chi connectivity index (χ1v) is 7.53. The molecule has 3 rings (SSSR count). The van der Waals surface area contributed by atoms with Crippen LogP contribution in [0.4, 0.5) is 11.5 Å². The Morgan fingerprint density at radius 2 is 1.74 bits per heavy atom. The van der Waals surface area contributed by atoms with E-state index in [9.17, 15) is 14.9 Å². The van der Waals surface area contributed by atoms with E-state index in [1.165, 1.54) is 22.7 Å². The molecular weight excluding hydrogens is 296 g/mol. The van der Waals surface area contributed by atoms with Crippen LogP contribution in [0.2, 0.25) is 0 Å². The zero-order valence-electron chi connectivity index (χ0n) is 13.2. The molecule has 0 bridgehead atoms. The number of anilines is 1. The van der Waals surface area contributed by atoms with Gasteiger partial charge in [-0.2, -0.15) is 0 Å². The van der Waals surface area contributed by atoms with Crippen molar-refractivity contribution in [2.24, 2.45) is 7.05 Å². The van der Waals surface area contributed by atoms with Gasteiger partial charge < -0.3 is 4.90 Å². The molecule has 1 aliphatic rings. The second-order valence-electron chi connectivity index (χ2n) is 5.71. The molecule has 0 aliphatic carbocycles. The third-order valence-corrected chi connectivity index (χ3v) is 4.37. The van der Waals surface area contributed by atoms with E-state index in [4.69, 9.17) is 0 Å². The maximum atomic E-state index is 12.3. The van der Waals surface area contributed by atoms with E-state index >= 15 is 0 Å². The lowest BCUT2D eigenvalue weighted by molar-refractivity contribution is -0.386. The molecule has 23 heavy (non-hydrogen) atoms. The summed E-state index contributed by atoms with van der Waals surface area (Å²) in [4.78, 5) is 29.2. The number of hydrogen-bond acceptors (Lipinski definition) is 5. The molecule has 0 N–H and O–H groups in total. The molecule has 1 aliphatic heterocycles. The van der Waals surface area contributed by atoms with Crippen LogP contribution in [0.1, 0.15) is 17.0 Å². The topological polar surface area (TPSA) is 81.3 Å². The van der Waals surface area contributed by atoms with Gasteiger partial charge in [0.25, 0.3) is 0 Å². The highest BCUT2D eigenvalue weighted by atomic mass is 16.6. The molecule has 0 saturated carbocycles. The predicted molar refractivity (Wildman–Crippen MR) is 86.9 cm³/mol. The van der Waals surface area contributed by atoms with E-state index < -0.39 is 16.2 Å². The highest BCUT2D eigenvalue weighted by Gasteiger charge is 2.28. The summed E-state index contributed by atoms with van der Waals surface area (Å²) in [6.45, 7) is 2.90. The van der Waals surface area contributed by atoms with Crippen molar-refractivity contribution in [3.63, 3.8) is 0 Å². The second kappa shape index (κ2) is 5.83. The van der Waals surface area contributed by atoms with Gasteiger partial charge in [0.2, 0.25) is 5.82 Å². The fraction of sp³-hybridized carbons (Fsp3) is 0.375. The van der Waals surface area contributed by atoms with Gasteiger partial charge >= 0.3 is 11.2 Å². The SMILES string of the molecule is Cc1nc(N2CCc3ccccc3CC2)c([N+](=O)[O-])c(=O)n1C. The highest BCUT2D eigenvalue weighted by molar-refractivity contribution is 5.57. The largest absolute Gasteiger partial charge is 0.376 e. The van der Waals surface area contributed by atoms with Crippen LogP contribution in [0.15, 0.2) is 29.1 Å². The van der Waals surface area contributed by atoms with Crippen molar-refractivity contribution in [2.75, 3.05) is 18.0 Å². The fourth-order valence-corrected chi connectivity index (χ4v) is 2.94. The van der Waals surface area contributed by atoms with E-state index in [1.54, 1.807) is 6.92 Å². The Hall–Kier alpha value is -2.70. The standard InChI is InChI=1S/C16H18N4O3/c1-11-17-15(14(20(22)23)16(21)18(11)2)19-9-7-12-5-3-4-6-13(12)8-10-19/h3-6H,7-10H2,1-2H3. The summed E-state index contributed by atoms with van der Waals surface area (Å²) in [5.74, 6) is 0.653. The van der Waals surface area contributed by atoms with Crippen LogP contribution >= 0.6 is 0 Å². The van der Waals surface area contributed by atoms with Gasteiger partial charge in [-0.05, 0) is 30.9 Å². The van der Waals surface area contributed by atoms with Crippen molar-refractivity contribution in [1.82, 2.24) is 9.55 Å². The maximum absolute atomic E-state index is 12.3. The lowest BCUT2D eigenvalue weighted by atomic mass is 10.0. The number of nitro groups is 1. The molecule has 120 valence electrons. The third-order valence-electron chi connectivity index (χ3n) is 4.37. The van der Waals surface area contributed by atoms with Crippen LogP contribution < -0.4 is 10.5 Å². The molecule has 1 aromatic heterocycles. The van der Waals surface area contributed by atoms with Gasteiger partial charge in [-0.1, -0.05) is 24.3 Å². The second-order valence-corrected chi connectivity index (χ2v) is 5.71. The number of fused-ring (bicyclic) bond motifs is 1. The first kappa shape index (κ1) is 15.2. The van der Waals surface area contributed by atoms with Gasteiger partial charge in [-0.3, -0.25) is 19.5 Å². The quantitative estimate of drug-likeness (QED) is 0.621. The molecule has 7 nitrogen and oxygen atoms in total. The molecule has 2 heterocycles. The number of hydrogen-bond donors (Lipinski definition) is 0. The smallest absolute Gasteiger partial charge is 0.350 e. The minimum atomic E-state index is -0.623. The zero-order valence-corrected chi connectivity index (χ0v) is 13.2. The fourth-order valence-electron chi connectivity index (χ4n) is 2.94. The predicted octanol–water partition coefficient (Wildman–Crippen LogP) is 1.60. The van der Waals surface area contributed by atoms with Gasteiger partial charge in [-0.25, -0.2) is 4.98 Å². The number of aromatic nitrogens is 2. The van der Waals surface area contributed by atoms with Crippen molar-refractivity contribution < 1.29 is 4.92 Å². The molecule has 0 radical (unpaired) electrons. The van der Waals surface area contributed by atoms with E-state index in [0.717, 1.165) is 12.8 Å². The molecule has 0 spiro atoms. The summed E-state index contributed by atoms with van der Waals surface area (Å²) in [6.07, 6.45) is 1.56. The minimum absolute atomic E-state index is 0.184. The monoisotopic (exact) mass is 314 g/mol. The van der Waals surface area contributed by atoms with Crippen LogP contribution in [0.5, 0.6) is 0 Å². The van der Waals surface area contributed by atoms with Crippen LogP contribution in [0, 0.1) is 17.0 Å². The summed E-state index contributed by atoms with van der Waals surface area (Å²) < 4.78 is 1.22. The molecule has 0 atom stereocenters. The van der Waals surface area contributed by atoms with Gasteiger partial charge in [0.1, 0.15) is 5.82 Å². The van der Waals surface area contributed by atoms with Crippen molar-refractivity contribution in [1.29, 1.82) is 0 Å². The number of nitrogens with zero attached hydrogens (tertiary/aromatic N) is 4. The van der Waals surface area contributed by atoms with Crippen LogP contribution in [0.25, 0.3) is 0 Å². The van der Waals surface area contributed by atoms with Gasteiger partial charge in [-0.15, -0.1) is 0 Å². The molecule has 2 aromatic rings. The lowest BCUT2D eigenvalue weighted by Crippen LogP contribution is -2.33. The molecular formula is C16H18N4O3. The first-order chi connectivity index (χ1) is 11.0. The Kier molecular flexibility index (Phi) is 3.85. The molecule has 7 heteroatoms. The van der Waals surface area contributed by atoms with E-state index in [0.29, 0.717) is 18.9 Å². The summed E-state index contributed by atoms with van der Waals surface area (Å²) in [5, 5.41) is 11.4. The number of rotatable bonds is 2. The average molecular weight is 314 g/mol. The average Bonchev–Trinajstić information content (AvgIpc) is 2.74. The van der Waals surface area contributed by atoms with Gasteiger partial charge in [0, 0.05) is 20.1 Å². The van der Waals surface area contributed by atoms with Crippen molar-refractivity contribution >= 4 is 11.5 Å². The van der Waals surface area contributed by atoms with Crippen molar-refractivity contribution in [3.8, 4) is 0 Å². The Balaban J connectivity index is 2.03. The van der Waals surface area contributed by atoms with E-state index in [1.807, 2.05) is 17.0 Å². The summed E-state index contributed by atoms with van der Waals surface area (Å²) in [7, 11) is 1.50. The molecule has 0 amide bonds. The normalized spacial score (nSPS) is 14.3. The lowest BCUT2D eigenvalue weighted by Gasteiger charge is -2.21.